The number of rotatable bonds is 4. The molecule has 0 aliphatic carbocycles. The van der Waals surface area contributed by atoms with E-state index in [1.165, 1.54) is 0 Å². The Bertz CT molecular complexity index is 502. The predicted molar refractivity (Wildman–Crippen MR) is 77.3 cm³/mol. The lowest BCUT2D eigenvalue weighted by molar-refractivity contribution is -0.129. The van der Waals surface area contributed by atoms with Gasteiger partial charge in [-0.25, -0.2) is 0 Å². The lowest BCUT2D eigenvalue weighted by Crippen LogP contribution is -2.41. The molecule has 0 saturated heterocycles. The van der Waals surface area contributed by atoms with Crippen molar-refractivity contribution in [2.24, 2.45) is 0 Å². The van der Waals surface area contributed by atoms with Crippen molar-refractivity contribution < 1.29 is 4.79 Å². The molecule has 0 atom stereocenters. The Balaban J connectivity index is 2.86. The van der Waals surface area contributed by atoms with Crippen LogP contribution in [0.25, 0.3) is 6.08 Å². The van der Waals surface area contributed by atoms with Crippen LogP contribution >= 0.6 is 0 Å². The van der Waals surface area contributed by atoms with Gasteiger partial charge in [0.2, 0.25) is 5.91 Å². The van der Waals surface area contributed by atoms with Crippen LogP contribution in [-0.2, 0) is 4.79 Å². The summed E-state index contributed by atoms with van der Waals surface area (Å²) in [4.78, 5) is 14.0. The molecule has 0 saturated carbocycles. The van der Waals surface area contributed by atoms with E-state index in [1.54, 1.807) is 24.3 Å². The van der Waals surface area contributed by atoms with Crippen LogP contribution in [0, 0.1) is 11.3 Å². The van der Waals surface area contributed by atoms with Crippen molar-refractivity contribution in [3.05, 3.63) is 41.5 Å². The van der Waals surface area contributed by atoms with Gasteiger partial charge in [0, 0.05) is 18.2 Å². The smallest absolute Gasteiger partial charge is 0.247 e. The number of nitriles is 1. The summed E-state index contributed by atoms with van der Waals surface area (Å²) in [6.45, 7) is 8.01. The molecule has 0 fully saturated rings. The molecule has 3 nitrogen and oxygen atoms in total. The van der Waals surface area contributed by atoms with Crippen LogP contribution in [0.15, 0.2) is 30.3 Å². The quantitative estimate of drug-likeness (QED) is 0.776. The second-order valence-electron chi connectivity index (χ2n) is 5.00. The molecule has 0 unspecified atom stereocenters. The van der Waals surface area contributed by atoms with Crippen molar-refractivity contribution in [1.29, 1.82) is 5.26 Å². The van der Waals surface area contributed by atoms with Crippen LogP contribution in [-0.4, -0.2) is 22.9 Å². The molecule has 1 rings (SSSR count). The molecule has 1 amide bonds. The molecule has 0 aliphatic heterocycles. The first-order valence-corrected chi connectivity index (χ1v) is 6.46. The molecule has 0 aliphatic rings. The molecule has 0 heterocycles. The molecule has 3 heteroatoms. The van der Waals surface area contributed by atoms with E-state index >= 15 is 0 Å². The molecule has 1 aromatic rings. The van der Waals surface area contributed by atoms with Gasteiger partial charge >= 0.3 is 0 Å². The highest BCUT2D eigenvalue weighted by Crippen LogP contribution is 2.09. The lowest BCUT2D eigenvalue weighted by atomic mass is 10.1. The molecule has 0 bridgehead atoms. The first-order valence-electron chi connectivity index (χ1n) is 6.46. The zero-order valence-corrected chi connectivity index (χ0v) is 11.9. The Morgan fingerprint density at radius 2 is 1.89 bits per heavy atom. The molecule has 0 radical (unpaired) electrons. The number of carbonyl (C=O) groups is 1. The van der Waals surface area contributed by atoms with Crippen molar-refractivity contribution in [2.75, 3.05) is 0 Å². The number of hydrogen-bond acceptors (Lipinski definition) is 2. The van der Waals surface area contributed by atoms with E-state index < -0.39 is 0 Å². The van der Waals surface area contributed by atoms with Crippen LogP contribution in [0.2, 0.25) is 0 Å². The van der Waals surface area contributed by atoms with E-state index in [1.807, 2.05) is 44.7 Å². The van der Waals surface area contributed by atoms with Gasteiger partial charge in [-0.3, -0.25) is 4.79 Å². The van der Waals surface area contributed by atoms with E-state index in [9.17, 15) is 4.79 Å². The van der Waals surface area contributed by atoms with Gasteiger partial charge in [-0.05, 0) is 51.5 Å². The first-order chi connectivity index (χ1) is 8.95. The molecule has 0 spiro atoms. The summed E-state index contributed by atoms with van der Waals surface area (Å²) >= 11 is 0. The number of amides is 1. The van der Waals surface area contributed by atoms with Crippen molar-refractivity contribution >= 4 is 12.0 Å². The van der Waals surface area contributed by atoms with Gasteiger partial charge in [-0.1, -0.05) is 12.1 Å². The summed E-state index contributed by atoms with van der Waals surface area (Å²) in [6.07, 6.45) is 3.32. The molecule has 0 aromatic heterocycles. The fraction of sp³-hybridized carbons (Fsp3) is 0.375. The summed E-state index contributed by atoms with van der Waals surface area (Å²) in [5, 5.41) is 8.82. The van der Waals surface area contributed by atoms with E-state index in [4.69, 9.17) is 5.26 Å². The van der Waals surface area contributed by atoms with Crippen molar-refractivity contribution in [2.45, 2.75) is 39.8 Å². The van der Waals surface area contributed by atoms with Gasteiger partial charge < -0.3 is 4.90 Å². The monoisotopic (exact) mass is 256 g/mol. The average molecular weight is 256 g/mol. The number of nitrogens with zero attached hydrogens (tertiary/aromatic N) is 2. The third kappa shape index (κ3) is 4.26. The summed E-state index contributed by atoms with van der Waals surface area (Å²) in [6, 6.07) is 9.62. The largest absolute Gasteiger partial charge is 0.334 e. The van der Waals surface area contributed by atoms with E-state index in [-0.39, 0.29) is 18.0 Å². The van der Waals surface area contributed by atoms with Crippen molar-refractivity contribution in [1.82, 2.24) is 4.90 Å². The molecule has 100 valence electrons. The lowest BCUT2D eigenvalue weighted by Gasteiger charge is -2.29. The zero-order chi connectivity index (χ0) is 14.4. The number of benzene rings is 1. The molecule has 19 heavy (non-hydrogen) atoms. The Kier molecular flexibility index (Phi) is 5.32. The van der Waals surface area contributed by atoms with Crippen LogP contribution in [0.5, 0.6) is 0 Å². The van der Waals surface area contributed by atoms with Crippen LogP contribution in [0.4, 0.5) is 0 Å². The highest BCUT2D eigenvalue weighted by atomic mass is 16.2. The van der Waals surface area contributed by atoms with Gasteiger partial charge in [-0.15, -0.1) is 0 Å². The van der Waals surface area contributed by atoms with E-state index in [0.29, 0.717) is 5.56 Å². The maximum absolute atomic E-state index is 12.1. The second-order valence-corrected chi connectivity index (χ2v) is 5.00. The minimum atomic E-state index is -0.00707. The van der Waals surface area contributed by atoms with Gasteiger partial charge in [0.1, 0.15) is 0 Å². The van der Waals surface area contributed by atoms with Crippen molar-refractivity contribution in [3.63, 3.8) is 0 Å². The SMILES string of the molecule is CC(C)N(C(=O)/C=C/c1cccc(C#N)c1)C(C)C. The van der Waals surface area contributed by atoms with E-state index in [0.717, 1.165) is 5.56 Å². The summed E-state index contributed by atoms with van der Waals surface area (Å²) < 4.78 is 0. The van der Waals surface area contributed by atoms with Gasteiger partial charge in [0.05, 0.1) is 11.6 Å². The second kappa shape index (κ2) is 6.75. The fourth-order valence-corrected chi connectivity index (χ4v) is 2.07. The zero-order valence-electron chi connectivity index (χ0n) is 11.9. The average Bonchev–Trinajstić information content (AvgIpc) is 2.35. The van der Waals surface area contributed by atoms with Crippen LogP contribution < -0.4 is 0 Å². The summed E-state index contributed by atoms with van der Waals surface area (Å²) in [5.74, 6) is -0.00707. The summed E-state index contributed by atoms with van der Waals surface area (Å²) in [7, 11) is 0. The summed E-state index contributed by atoms with van der Waals surface area (Å²) in [5.41, 5.74) is 1.46. The van der Waals surface area contributed by atoms with Crippen molar-refractivity contribution in [3.8, 4) is 6.07 Å². The maximum Gasteiger partial charge on any atom is 0.247 e. The van der Waals surface area contributed by atoms with E-state index in [2.05, 4.69) is 6.07 Å². The highest BCUT2D eigenvalue weighted by Gasteiger charge is 2.17. The Morgan fingerprint density at radius 3 is 2.42 bits per heavy atom. The van der Waals surface area contributed by atoms with Crippen LogP contribution in [0.1, 0.15) is 38.8 Å². The Hall–Kier alpha value is -2.08. The normalized spacial score (nSPS) is 11.0. The van der Waals surface area contributed by atoms with Gasteiger partial charge in [0.25, 0.3) is 0 Å². The van der Waals surface area contributed by atoms with Crippen LogP contribution in [0.3, 0.4) is 0 Å². The highest BCUT2D eigenvalue weighted by molar-refractivity contribution is 5.92. The van der Waals surface area contributed by atoms with Gasteiger partial charge in [-0.2, -0.15) is 5.26 Å². The standard InChI is InChI=1S/C16H20N2O/c1-12(2)18(13(3)4)16(19)9-8-14-6-5-7-15(10-14)11-17/h5-10,12-13H,1-4H3/b9-8+. The molecule has 0 N–H and O–H groups in total. The molecular formula is C16H20N2O. The Labute approximate surface area is 115 Å². The fourth-order valence-electron chi connectivity index (χ4n) is 2.07. The minimum Gasteiger partial charge on any atom is -0.334 e. The molecule has 1 aromatic carbocycles. The third-order valence-electron chi connectivity index (χ3n) is 2.80. The maximum atomic E-state index is 12.1. The topological polar surface area (TPSA) is 44.1 Å². The minimum absolute atomic E-state index is 0.00707. The molecular weight excluding hydrogens is 236 g/mol. The first kappa shape index (κ1) is 15.0. The number of hydrogen-bond donors (Lipinski definition) is 0. The number of carbonyl (C=O) groups excluding carboxylic acids is 1. The predicted octanol–water partition coefficient (Wildman–Crippen LogP) is 3.22. The Morgan fingerprint density at radius 1 is 1.26 bits per heavy atom. The van der Waals surface area contributed by atoms with Gasteiger partial charge in [0.15, 0.2) is 0 Å². The third-order valence-corrected chi connectivity index (χ3v) is 2.80.